The summed E-state index contributed by atoms with van der Waals surface area (Å²) >= 11 is 0. The quantitative estimate of drug-likeness (QED) is 0.264. The van der Waals surface area contributed by atoms with Crippen molar-refractivity contribution in [3.05, 3.63) is 0 Å². The molecule has 0 amide bonds. The van der Waals surface area contributed by atoms with Crippen molar-refractivity contribution in [2.75, 3.05) is 0 Å². The monoisotopic (exact) mass is 815 g/mol. The fourth-order valence-corrected chi connectivity index (χ4v) is 23.3. The first-order valence-electron chi connectivity index (χ1n) is 27.6. The number of rotatable bonds is 1. The Morgan fingerprint density at radius 1 is 0.233 bits per heavy atom. The summed E-state index contributed by atoms with van der Waals surface area (Å²) in [5.74, 6) is 17.6. The molecule has 14 rings (SSSR count). The second-order valence-corrected chi connectivity index (χ2v) is 26.1. The molecular formula is C56H78O4. The van der Waals surface area contributed by atoms with E-state index in [2.05, 4.69) is 0 Å². The maximum Gasteiger partial charge on any atom is 0.139 e. The van der Waals surface area contributed by atoms with Crippen LogP contribution in [-0.2, 0) is 19.2 Å². The Bertz CT molecular complexity index is 1800. The molecule has 0 radical (unpaired) electrons. The van der Waals surface area contributed by atoms with Crippen LogP contribution in [0.1, 0.15) is 167 Å². The van der Waals surface area contributed by atoms with Crippen LogP contribution in [0, 0.1) is 154 Å². The molecule has 14 fully saturated rings. The molecule has 0 aromatic carbocycles. The maximum absolute atomic E-state index is 14.7. The van der Waals surface area contributed by atoms with E-state index in [0.717, 1.165) is 60.2 Å². The van der Waals surface area contributed by atoms with Gasteiger partial charge in [0, 0.05) is 47.3 Å². The van der Waals surface area contributed by atoms with Gasteiger partial charge in [0.1, 0.15) is 23.1 Å². The average molecular weight is 815 g/mol. The summed E-state index contributed by atoms with van der Waals surface area (Å²) in [5, 5.41) is 0. The Morgan fingerprint density at radius 3 is 1.18 bits per heavy atom. The second-order valence-electron chi connectivity index (χ2n) is 26.1. The molecule has 14 saturated carbocycles. The molecule has 4 heteroatoms. The van der Waals surface area contributed by atoms with Gasteiger partial charge in [0.15, 0.2) is 0 Å². The molecule has 26 atom stereocenters. The van der Waals surface area contributed by atoms with E-state index in [1.807, 2.05) is 0 Å². The molecule has 0 bridgehead atoms. The van der Waals surface area contributed by atoms with Gasteiger partial charge >= 0.3 is 0 Å². The van der Waals surface area contributed by atoms with E-state index in [1.165, 1.54) is 154 Å². The minimum atomic E-state index is 0.271. The van der Waals surface area contributed by atoms with Crippen LogP contribution < -0.4 is 0 Å². The topological polar surface area (TPSA) is 68.3 Å². The Kier molecular flexibility index (Phi) is 8.92. The van der Waals surface area contributed by atoms with Crippen molar-refractivity contribution in [1.82, 2.24) is 0 Å². The largest absolute Gasteiger partial charge is 0.299 e. The lowest BCUT2D eigenvalue weighted by Crippen LogP contribution is -2.53. The molecule has 14 aliphatic rings. The second kappa shape index (κ2) is 14.1. The molecule has 0 saturated heterocycles. The molecule has 4 nitrogen and oxygen atoms in total. The SMILES string of the molecule is O=C1C2CCCCC2C2C1CCC1CC3C(CCC4C(=O)C5CC(C6CCC7CC8C(CC7C6)C6C(=O)C7CCCCC7C6C6C7CCCCC7C(=O)C86)CCC5C43)CC12. The number of carbonyl (C=O) groups is 4. The zero-order chi connectivity index (χ0) is 39.7. The van der Waals surface area contributed by atoms with Crippen LogP contribution in [0.5, 0.6) is 0 Å². The van der Waals surface area contributed by atoms with Crippen LogP contribution in [0.25, 0.3) is 0 Å². The van der Waals surface area contributed by atoms with Crippen molar-refractivity contribution in [2.24, 2.45) is 154 Å². The van der Waals surface area contributed by atoms with Gasteiger partial charge in [-0.3, -0.25) is 19.2 Å². The van der Waals surface area contributed by atoms with Gasteiger partial charge in [-0.2, -0.15) is 0 Å². The van der Waals surface area contributed by atoms with E-state index in [9.17, 15) is 19.2 Å². The van der Waals surface area contributed by atoms with E-state index < -0.39 is 0 Å². The van der Waals surface area contributed by atoms with Crippen LogP contribution in [0.15, 0.2) is 0 Å². The number of hydrogen-bond acceptors (Lipinski definition) is 4. The van der Waals surface area contributed by atoms with E-state index in [1.54, 1.807) is 0 Å². The molecule has 0 aliphatic heterocycles. The van der Waals surface area contributed by atoms with E-state index in [4.69, 9.17) is 0 Å². The summed E-state index contributed by atoms with van der Waals surface area (Å²) in [6.07, 6.45) is 33.2. The molecule has 60 heavy (non-hydrogen) atoms. The predicted molar refractivity (Wildman–Crippen MR) is 231 cm³/mol. The number of ketones is 4. The number of fused-ring (bicyclic) bond motifs is 21. The van der Waals surface area contributed by atoms with Crippen molar-refractivity contribution in [3.8, 4) is 0 Å². The van der Waals surface area contributed by atoms with Gasteiger partial charge in [-0.25, -0.2) is 0 Å². The van der Waals surface area contributed by atoms with Crippen LogP contribution in [0.2, 0.25) is 0 Å². The van der Waals surface area contributed by atoms with Crippen molar-refractivity contribution >= 4 is 23.1 Å². The van der Waals surface area contributed by atoms with E-state index >= 15 is 0 Å². The summed E-state index contributed by atoms with van der Waals surface area (Å²) in [6.45, 7) is 0. The number of hydrogen-bond donors (Lipinski definition) is 0. The number of carbonyl (C=O) groups excluding carboxylic acids is 4. The van der Waals surface area contributed by atoms with Gasteiger partial charge in [-0.15, -0.1) is 0 Å². The Hall–Kier alpha value is -1.32. The molecule has 14 aliphatic carbocycles. The lowest BCUT2D eigenvalue weighted by molar-refractivity contribution is -0.142. The third-order valence-electron chi connectivity index (χ3n) is 24.9. The zero-order valence-corrected chi connectivity index (χ0v) is 37.0. The van der Waals surface area contributed by atoms with Crippen LogP contribution >= 0.6 is 0 Å². The lowest BCUT2D eigenvalue weighted by Gasteiger charge is -2.56. The molecule has 26 unspecified atom stereocenters. The van der Waals surface area contributed by atoms with E-state index in [0.29, 0.717) is 118 Å². The van der Waals surface area contributed by atoms with Gasteiger partial charge in [-0.05, 0) is 235 Å². The highest BCUT2D eigenvalue weighted by Gasteiger charge is 2.69. The van der Waals surface area contributed by atoms with Gasteiger partial charge < -0.3 is 0 Å². The van der Waals surface area contributed by atoms with Gasteiger partial charge in [0.25, 0.3) is 0 Å². The molecule has 0 N–H and O–H groups in total. The third kappa shape index (κ3) is 5.21. The predicted octanol–water partition coefficient (Wildman–Crippen LogP) is 11.6. The van der Waals surface area contributed by atoms with Gasteiger partial charge in [0.05, 0.1) is 0 Å². The summed E-state index contributed by atoms with van der Waals surface area (Å²) in [6, 6.07) is 0. The summed E-state index contributed by atoms with van der Waals surface area (Å²) in [5.41, 5.74) is 0. The van der Waals surface area contributed by atoms with Crippen molar-refractivity contribution in [2.45, 2.75) is 167 Å². The molecule has 0 spiro atoms. The fourth-order valence-electron chi connectivity index (χ4n) is 23.3. The summed E-state index contributed by atoms with van der Waals surface area (Å²) in [4.78, 5) is 57.6. The first-order valence-corrected chi connectivity index (χ1v) is 27.6. The maximum atomic E-state index is 14.7. The van der Waals surface area contributed by atoms with Crippen molar-refractivity contribution < 1.29 is 19.2 Å². The molecule has 0 aromatic heterocycles. The van der Waals surface area contributed by atoms with Crippen molar-refractivity contribution in [1.29, 1.82) is 0 Å². The Morgan fingerprint density at radius 2 is 0.617 bits per heavy atom. The highest BCUT2D eigenvalue weighted by Crippen LogP contribution is 2.70. The standard InChI is InChI=1S/C56H78O4/c57-53-37-10-4-1-7-33(37)47-40(53)19-16-30-25-43-31(24-42(30)47)17-20-41-48(43)36-18-15-28(23-46(36)54(41)58)27-13-14-29-22-44-45(26-32(29)21-27)52-50(35-9-3-6-12-39(35)56(52)60)49-34-8-2-5-11-38(34)55(59)51(44)49/h27-52H,1-26H2. The minimum absolute atomic E-state index is 0.271. The zero-order valence-electron chi connectivity index (χ0n) is 37.0. The third-order valence-corrected chi connectivity index (χ3v) is 24.9. The van der Waals surface area contributed by atoms with E-state index in [-0.39, 0.29) is 11.8 Å². The molecule has 0 heterocycles. The first kappa shape index (κ1) is 38.0. The van der Waals surface area contributed by atoms with Crippen LogP contribution in [0.3, 0.4) is 0 Å². The highest BCUT2D eigenvalue weighted by molar-refractivity contribution is 5.91. The summed E-state index contributed by atoms with van der Waals surface area (Å²) < 4.78 is 0. The average Bonchev–Trinajstić information content (AvgIpc) is 3.96. The fraction of sp³-hybridized carbons (Fsp3) is 0.929. The summed E-state index contributed by atoms with van der Waals surface area (Å²) in [7, 11) is 0. The lowest BCUT2D eigenvalue weighted by atomic mass is 9.47. The number of Topliss-reactive ketones (excluding diaryl/α,β-unsaturated/α-hetero) is 4. The van der Waals surface area contributed by atoms with Gasteiger partial charge in [0.2, 0.25) is 0 Å². The Labute approximate surface area is 361 Å². The van der Waals surface area contributed by atoms with Crippen molar-refractivity contribution in [3.63, 3.8) is 0 Å². The van der Waals surface area contributed by atoms with Crippen LogP contribution in [-0.4, -0.2) is 23.1 Å². The highest BCUT2D eigenvalue weighted by atomic mass is 16.1. The normalized spacial score (nSPS) is 59.7. The smallest absolute Gasteiger partial charge is 0.139 e. The van der Waals surface area contributed by atoms with Crippen LogP contribution in [0.4, 0.5) is 0 Å². The molecule has 326 valence electrons. The van der Waals surface area contributed by atoms with Gasteiger partial charge in [-0.1, -0.05) is 38.5 Å². The Balaban J connectivity index is 0.679. The first-order chi connectivity index (χ1) is 29.4. The molecular weight excluding hydrogens is 737 g/mol. The molecule has 0 aromatic rings. The minimum Gasteiger partial charge on any atom is -0.299 e.